The fourth-order valence-electron chi connectivity index (χ4n) is 3.72. The van der Waals surface area contributed by atoms with Crippen LogP contribution in [0, 0.1) is 3.57 Å². The third-order valence-electron chi connectivity index (χ3n) is 5.59. The Kier molecular flexibility index (Phi) is 7.97. The van der Waals surface area contributed by atoms with Crippen LogP contribution in [0.4, 0.5) is 11.4 Å². The van der Waals surface area contributed by atoms with Crippen molar-refractivity contribution in [2.24, 2.45) is 4.99 Å². The van der Waals surface area contributed by atoms with Crippen molar-refractivity contribution in [2.45, 2.75) is 20.5 Å². The van der Waals surface area contributed by atoms with Crippen LogP contribution in [0.3, 0.4) is 0 Å². The predicted octanol–water partition coefficient (Wildman–Crippen LogP) is 6.11. The molecule has 3 aromatic carbocycles. The van der Waals surface area contributed by atoms with E-state index in [0.29, 0.717) is 16.7 Å². The van der Waals surface area contributed by atoms with E-state index in [1.165, 1.54) is 0 Å². The molecule has 6 nitrogen and oxygen atoms in total. The molecule has 1 aromatic heterocycles. The average molecular weight is 580 g/mol. The number of rotatable bonds is 8. The summed E-state index contributed by atoms with van der Waals surface area (Å²) in [5.41, 5.74) is 2.15. The number of aliphatic imine (C=N–C) groups is 1. The summed E-state index contributed by atoms with van der Waals surface area (Å²) in [7, 11) is 0. The lowest BCUT2D eigenvalue weighted by Gasteiger charge is -2.21. The molecule has 0 bridgehead atoms. The maximum Gasteiger partial charge on any atom is 0.358 e. The molecule has 4 aromatic rings. The first-order chi connectivity index (χ1) is 17.0. The minimum absolute atomic E-state index is 0.0609. The number of hydrogen-bond donors (Lipinski definition) is 0. The molecule has 0 spiro atoms. The summed E-state index contributed by atoms with van der Waals surface area (Å²) < 4.78 is 12.0. The van der Waals surface area contributed by atoms with Crippen molar-refractivity contribution < 1.29 is 13.9 Å². The molecule has 0 atom stereocenters. The van der Waals surface area contributed by atoms with Crippen LogP contribution in [-0.2, 0) is 16.1 Å². The molecule has 0 saturated heterocycles. The van der Waals surface area contributed by atoms with Crippen LogP contribution in [0.2, 0.25) is 0 Å². The van der Waals surface area contributed by atoms with Gasteiger partial charge in [-0.15, -0.1) is 0 Å². The van der Waals surface area contributed by atoms with E-state index in [9.17, 15) is 9.59 Å². The van der Waals surface area contributed by atoms with Gasteiger partial charge in [0.1, 0.15) is 12.2 Å². The third-order valence-corrected chi connectivity index (χ3v) is 6.51. The number of halogens is 1. The topological polar surface area (TPSA) is 72.1 Å². The van der Waals surface area contributed by atoms with Gasteiger partial charge in [0.2, 0.25) is 0 Å². The van der Waals surface area contributed by atoms with Crippen molar-refractivity contribution in [3.8, 4) is 0 Å². The zero-order chi connectivity index (χ0) is 24.8. The van der Waals surface area contributed by atoms with Gasteiger partial charge < -0.3 is 14.1 Å². The lowest BCUT2D eigenvalue weighted by molar-refractivity contribution is -0.136. The van der Waals surface area contributed by atoms with E-state index in [0.717, 1.165) is 27.9 Å². The van der Waals surface area contributed by atoms with Crippen LogP contribution in [0.15, 0.2) is 93.1 Å². The highest BCUT2D eigenvalue weighted by Gasteiger charge is 2.22. The van der Waals surface area contributed by atoms with E-state index in [-0.39, 0.29) is 17.9 Å². The molecule has 0 unspecified atom stereocenters. The van der Waals surface area contributed by atoms with Gasteiger partial charge in [-0.2, -0.15) is 0 Å². The summed E-state index contributed by atoms with van der Waals surface area (Å²) in [6, 6.07) is 24.1. The molecule has 0 aliphatic heterocycles. The molecule has 0 aliphatic carbocycles. The molecule has 0 amide bonds. The Hall–Kier alpha value is -3.46. The van der Waals surface area contributed by atoms with Gasteiger partial charge in [0.15, 0.2) is 5.71 Å². The smallest absolute Gasteiger partial charge is 0.358 e. The molecule has 178 valence electrons. The number of carbonyl (C=O) groups is 1. The fourth-order valence-corrected chi connectivity index (χ4v) is 4.23. The zero-order valence-electron chi connectivity index (χ0n) is 19.5. The van der Waals surface area contributed by atoms with Gasteiger partial charge in [0.25, 0.3) is 0 Å². The van der Waals surface area contributed by atoms with Crippen molar-refractivity contribution in [1.29, 1.82) is 0 Å². The summed E-state index contributed by atoms with van der Waals surface area (Å²) in [6.07, 6.45) is 0. The minimum Gasteiger partial charge on any atom is -0.456 e. The van der Waals surface area contributed by atoms with Crippen molar-refractivity contribution in [2.75, 3.05) is 18.0 Å². The van der Waals surface area contributed by atoms with Crippen LogP contribution in [0.25, 0.3) is 11.0 Å². The largest absolute Gasteiger partial charge is 0.456 e. The first-order valence-electron chi connectivity index (χ1n) is 11.4. The highest BCUT2D eigenvalue weighted by atomic mass is 127. The number of ether oxygens (including phenoxy) is 1. The highest BCUT2D eigenvalue weighted by molar-refractivity contribution is 14.1. The van der Waals surface area contributed by atoms with Crippen LogP contribution in [-0.4, -0.2) is 24.8 Å². The molecule has 0 saturated carbocycles. The second-order valence-electron chi connectivity index (χ2n) is 7.82. The number of carbonyl (C=O) groups excluding carboxylic acids is 1. The van der Waals surface area contributed by atoms with E-state index in [1.54, 1.807) is 12.1 Å². The van der Waals surface area contributed by atoms with Gasteiger partial charge in [0, 0.05) is 33.8 Å². The number of esters is 1. The SMILES string of the molecule is CCN(CC)c1ccc2cc(/C(=N/c3ccccc3I)C(=O)OCc3ccccc3)c(=O)oc2c1. The van der Waals surface area contributed by atoms with Crippen molar-refractivity contribution in [1.82, 2.24) is 0 Å². The first kappa shape index (κ1) is 24.7. The fraction of sp³-hybridized carbons (Fsp3) is 0.179. The Morgan fingerprint density at radius 2 is 1.69 bits per heavy atom. The van der Waals surface area contributed by atoms with Gasteiger partial charge >= 0.3 is 11.6 Å². The summed E-state index contributed by atoms with van der Waals surface area (Å²) >= 11 is 2.14. The van der Waals surface area contributed by atoms with E-state index in [1.807, 2.05) is 66.7 Å². The van der Waals surface area contributed by atoms with Crippen molar-refractivity contribution in [3.63, 3.8) is 0 Å². The molecule has 4 rings (SSSR count). The molecular formula is C28H25IN2O4. The maximum absolute atomic E-state index is 13.2. The normalized spacial score (nSPS) is 11.5. The number of anilines is 1. The molecule has 1 heterocycles. The Morgan fingerprint density at radius 1 is 0.971 bits per heavy atom. The summed E-state index contributed by atoms with van der Waals surface area (Å²) in [5, 5.41) is 0.696. The summed E-state index contributed by atoms with van der Waals surface area (Å²) in [6.45, 7) is 5.88. The molecule has 0 N–H and O–H groups in total. The Bertz CT molecular complexity index is 1430. The van der Waals surface area contributed by atoms with E-state index in [4.69, 9.17) is 9.15 Å². The number of benzene rings is 3. The molecule has 7 heteroatoms. The maximum atomic E-state index is 13.2. The molecule has 0 aliphatic rings. The van der Waals surface area contributed by atoms with Crippen LogP contribution >= 0.6 is 22.6 Å². The van der Waals surface area contributed by atoms with E-state index < -0.39 is 11.6 Å². The monoisotopic (exact) mass is 580 g/mol. The van der Waals surface area contributed by atoms with Crippen molar-refractivity contribution >= 4 is 56.6 Å². The quantitative estimate of drug-likeness (QED) is 0.109. The second kappa shape index (κ2) is 11.3. The minimum atomic E-state index is -0.695. The standard InChI is InChI=1S/C28H25IN2O4/c1-3-31(4-2)21-15-14-20-16-22(27(32)35-25(20)17-21)26(30-24-13-9-8-12-23(24)29)28(33)34-18-19-10-6-5-7-11-19/h5-17H,3-4,18H2,1-2H3/b30-26-. The second-order valence-corrected chi connectivity index (χ2v) is 8.98. The molecule has 35 heavy (non-hydrogen) atoms. The Morgan fingerprint density at radius 3 is 2.40 bits per heavy atom. The molecule has 0 fully saturated rings. The van der Waals surface area contributed by atoms with Gasteiger partial charge in [-0.05, 0) is 72.3 Å². The lowest BCUT2D eigenvalue weighted by Crippen LogP contribution is -2.25. The van der Waals surface area contributed by atoms with E-state index in [2.05, 4.69) is 46.3 Å². The van der Waals surface area contributed by atoms with Gasteiger partial charge in [-0.1, -0.05) is 42.5 Å². The molecular weight excluding hydrogens is 555 g/mol. The van der Waals surface area contributed by atoms with Crippen LogP contribution < -0.4 is 10.5 Å². The number of fused-ring (bicyclic) bond motifs is 1. The van der Waals surface area contributed by atoms with Gasteiger partial charge in [0.05, 0.1) is 11.3 Å². The Labute approximate surface area is 217 Å². The lowest BCUT2D eigenvalue weighted by atomic mass is 10.1. The number of nitrogens with zero attached hydrogens (tertiary/aromatic N) is 2. The van der Waals surface area contributed by atoms with Gasteiger partial charge in [-0.25, -0.2) is 14.6 Å². The number of para-hydroxylation sites is 1. The molecule has 0 radical (unpaired) electrons. The average Bonchev–Trinajstić information content (AvgIpc) is 2.88. The highest BCUT2D eigenvalue weighted by Crippen LogP contribution is 2.25. The van der Waals surface area contributed by atoms with Gasteiger partial charge in [-0.3, -0.25) is 0 Å². The van der Waals surface area contributed by atoms with E-state index >= 15 is 0 Å². The summed E-state index contributed by atoms with van der Waals surface area (Å²) in [4.78, 5) is 33.0. The van der Waals surface area contributed by atoms with Crippen LogP contribution in [0.5, 0.6) is 0 Å². The predicted molar refractivity (Wildman–Crippen MR) is 148 cm³/mol. The Balaban J connectivity index is 1.77. The van der Waals surface area contributed by atoms with Crippen LogP contribution in [0.1, 0.15) is 25.0 Å². The van der Waals surface area contributed by atoms with Crippen molar-refractivity contribution in [3.05, 3.63) is 104 Å². The third kappa shape index (κ3) is 5.79. The zero-order valence-corrected chi connectivity index (χ0v) is 21.7. The summed E-state index contributed by atoms with van der Waals surface area (Å²) in [5.74, 6) is -0.695. The number of hydrogen-bond acceptors (Lipinski definition) is 6. The first-order valence-corrected chi connectivity index (χ1v) is 12.5.